The fourth-order valence-corrected chi connectivity index (χ4v) is 2.60. The minimum atomic E-state index is 0.500. The van der Waals surface area contributed by atoms with E-state index < -0.39 is 0 Å². The van der Waals surface area contributed by atoms with Gasteiger partial charge in [0.15, 0.2) is 0 Å². The Hall–Kier alpha value is -1.81. The van der Waals surface area contributed by atoms with Crippen molar-refractivity contribution in [1.29, 1.82) is 0 Å². The number of allylic oxidation sites excluding steroid dienone is 1. The molecule has 0 radical (unpaired) electrons. The van der Waals surface area contributed by atoms with Crippen molar-refractivity contribution in [2.24, 2.45) is 0 Å². The summed E-state index contributed by atoms with van der Waals surface area (Å²) in [6, 6.07) is 2.05. The number of aromatic nitrogens is 2. The Balaban J connectivity index is 0. The molecule has 0 aliphatic carbocycles. The Morgan fingerprint density at radius 1 is 1.08 bits per heavy atom. The number of hydrogen-bond acceptors (Lipinski definition) is 3. The molecule has 2 aromatic rings. The van der Waals surface area contributed by atoms with E-state index in [9.17, 15) is 4.39 Å². The number of nitrogens with zero attached hydrogens (tertiary/aromatic N) is 2. The van der Waals surface area contributed by atoms with Crippen LogP contribution in [0.4, 0.5) is 4.39 Å². The summed E-state index contributed by atoms with van der Waals surface area (Å²) in [5, 5.41) is 3.01. The number of halogens is 1. The molecule has 0 amide bonds. The van der Waals surface area contributed by atoms with Crippen LogP contribution in [0, 0.1) is 13.8 Å². The molecule has 0 aliphatic rings. The van der Waals surface area contributed by atoms with E-state index in [1.54, 1.807) is 11.3 Å². The van der Waals surface area contributed by atoms with Crippen LogP contribution in [-0.4, -0.2) is 17.1 Å². The van der Waals surface area contributed by atoms with E-state index in [4.69, 9.17) is 0 Å². The third kappa shape index (κ3) is 7.18. The van der Waals surface area contributed by atoms with E-state index in [1.165, 1.54) is 0 Å². The number of alkyl halides is 1. The lowest BCUT2D eigenvalue weighted by Gasteiger charge is -2.07. The second-order valence-corrected chi connectivity index (χ2v) is 4.95. The Labute approximate surface area is 151 Å². The molecule has 0 spiro atoms. The van der Waals surface area contributed by atoms with Gasteiger partial charge in [0.05, 0.1) is 12.9 Å². The Kier molecular flexibility index (Phi) is 15.0. The van der Waals surface area contributed by atoms with Crippen LogP contribution in [0.15, 0.2) is 24.1 Å². The maximum Gasteiger partial charge on any atom is 0.142 e. The molecule has 0 atom stereocenters. The maximum atomic E-state index is 9.50. The van der Waals surface area contributed by atoms with Gasteiger partial charge in [-0.2, -0.15) is 0 Å². The van der Waals surface area contributed by atoms with Crippen molar-refractivity contribution in [3.05, 3.63) is 46.6 Å². The molecular weight excluding hydrogens is 319 g/mol. The summed E-state index contributed by atoms with van der Waals surface area (Å²) in [4.78, 5) is 9.11. The smallest absolute Gasteiger partial charge is 0.142 e. The van der Waals surface area contributed by atoms with Gasteiger partial charge in [0, 0.05) is 22.3 Å². The van der Waals surface area contributed by atoms with Crippen molar-refractivity contribution in [3.8, 4) is 10.7 Å². The highest BCUT2D eigenvalue weighted by molar-refractivity contribution is 7.13. The molecular formula is C20H31FN2S. The molecule has 0 bridgehead atoms. The number of aryl methyl sites for hydroxylation is 2. The average Bonchev–Trinajstić information content (AvgIpc) is 3.08. The van der Waals surface area contributed by atoms with Gasteiger partial charge in [-0.25, -0.2) is 9.97 Å². The van der Waals surface area contributed by atoms with Crippen molar-refractivity contribution in [2.75, 3.05) is 7.18 Å². The van der Waals surface area contributed by atoms with Gasteiger partial charge in [-0.05, 0) is 32.4 Å². The molecule has 0 N–H and O–H groups in total. The monoisotopic (exact) mass is 350 g/mol. The molecule has 0 unspecified atom stereocenters. The molecule has 134 valence electrons. The van der Waals surface area contributed by atoms with Crippen LogP contribution in [0.1, 0.15) is 57.1 Å². The van der Waals surface area contributed by atoms with Gasteiger partial charge in [0.1, 0.15) is 5.01 Å². The minimum Gasteiger partial charge on any atom is -0.255 e. The lowest BCUT2D eigenvalue weighted by Crippen LogP contribution is -1.94. The zero-order valence-electron chi connectivity index (χ0n) is 16.3. The molecule has 24 heavy (non-hydrogen) atoms. The molecule has 0 saturated heterocycles. The summed E-state index contributed by atoms with van der Waals surface area (Å²) in [6.45, 7) is 17.9. The first-order valence-electron chi connectivity index (χ1n) is 8.22. The maximum absolute atomic E-state index is 9.50. The quantitative estimate of drug-likeness (QED) is 0.588. The van der Waals surface area contributed by atoms with Gasteiger partial charge in [0.25, 0.3) is 0 Å². The molecule has 2 rings (SSSR count). The SMILES string of the molecule is C=Cc1cc(-c2nc(C)cs2)nc(C)c1/C=C\C.CC.CC.CF. The van der Waals surface area contributed by atoms with Gasteiger partial charge in [-0.15, -0.1) is 11.3 Å². The molecule has 2 heterocycles. The van der Waals surface area contributed by atoms with Crippen LogP contribution < -0.4 is 0 Å². The summed E-state index contributed by atoms with van der Waals surface area (Å²) >= 11 is 1.62. The molecule has 2 aromatic heterocycles. The topological polar surface area (TPSA) is 25.8 Å². The van der Waals surface area contributed by atoms with Crippen molar-refractivity contribution in [3.63, 3.8) is 0 Å². The lowest BCUT2D eigenvalue weighted by atomic mass is 10.0. The first-order valence-corrected chi connectivity index (χ1v) is 9.10. The summed E-state index contributed by atoms with van der Waals surface area (Å²) in [5.74, 6) is 0. The summed E-state index contributed by atoms with van der Waals surface area (Å²) < 4.78 is 9.50. The Morgan fingerprint density at radius 3 is 2.08 bits per heavy atom. The van der Waals surface area contributed by atoms with Gasteiger partial charge in [0.2, 0.25) is 0 Å². The van der Waals surface area contributed by atoms with Gasteiger partial charge < -0.3 is 0 Å². The fraction of sp³-hybridized carbons (Fsp3) is 0.400. The van der Waals surface area contributed by atoms with Crippen molar-refractivity contribution >= 4 is 23.5 Å². The van der Waals surface area contributed by atoms with Crippen molar-refractivity contribution in [1.82, 2.24) is 9.97 Å². The molecule has 4 heteroatoms. The van der Waals surface area contributed by atoms with E-state index in [0.29, 0.717) is 7.18 Å². The molecule has 0 aromatic carbocycles. The zero-order chi connectivity index (χ0) is 19.1. The van der Waals surface area contributed by atoms with E-state index in [1.807, 2.05) is 72.1 Å². The highest BCUT2D eigenvalue weighted by Gasteiger charge is 2.09. The number of pyridine rings is 1. The molecule has 2 nitrogen and oxygen atoms in total. The van der Waals surface area contributed by atoms with E-state index in [2.05, 4.69) is 22.6 Å². The first-order chi connectivity index (χ1) is 11.7. The van der Waals surface area contributed by atoms with E-state index >= 15 is 0 Å². The average molecular weight is 351 g/mol. The fourth-order valence-electron chi connectivity index (χ4n) is 1.84. The predicted octanol–water partition coefficient (Wildman–Crippen LogP) is 7.14. The summed E-state index contributed by atoms with van der Waals surface area (Å²) in [6.07, 6.45) is 5.95. The van der Waals surface area contributed by atoms with Gasteiger partial charge >= 0.3 is 0 Å². The van der Waals surface area contributed by atoms with E-state index in [-0.39, 0.29) is 0 Å². The molecule has 0 saturated carbocycles. The highest BCUT2D eigenvalue weighted by Crippen LogP contribution is 2.26. The van der Waals surface area contributed by atoms with E-state index in [0.717, 1.165) is 33.2 Å². The lowest BCUT2D eigenvalue weighted by molar-refractivity contribution is 0.636. The zero-order valence-corrected chi connectivity index (χ0v) is 17.1. The second-order valence-electron chi connectivity index (χ2n) is 4.09. The van der Waals surface area contributed by atoms with Crippen LogP contribution in [0.25, 0.3) is 22.9 Å². The Bertz CT molecular complexity index is 616. The normalized spacial score (nSPS) is 9.04. The number of rotatable bonds is 3. The van der Waals surface area contributed by atoms with Crippen LogP contribution >= 0.6 is 11.3 Å². The summed E-state index contributed by atoms with van der Waals surface area (Å²) in [5.41, 5.74) is 5.20. The third-order valence-electron chi connectivity index (χ3n) is 2.67. The molecule has 0 fully saturated rings. The largest absolute Gasteiger partial charge is 0.255 e. The summed E-state index contributed by atoms with van der Waals surface area (Å²) in [7, 11) is 0.500. The molecule has 0 aliphatic heterocycles. The predicted molar refractivity (Wildman–Crippen MR) is 109 cm³/mol. The Morgan fingerprint density at radius 2 is 1.67 bits per heavy atom. The van der Waals surface area contributed by atoms with Crippen LogP contribution in [-0.2, 0) is 0 Å². The van der Waals surface area contributed by atoms with Crippen molar-refractivity contribution < 1.29 is 4.39 Å². The van der Waals surface area contributed by atoms with Crippen LogP contribution in [0.5, 0.6) is 0 Å². The minimum absolute atomic E-state index is 0.500. The third-order valence-corrected chi connectivity index (χ3v) is 3.66. The highest BCUT2D eigenvalue weighted by atomic mass is 32.1. The first kappa shape index (κ1) is 24.4. The van der Waals surface area contributed by atoms with Crippen molar-refractivity contribution in [2.45, 2.75) is 48.5 Å². The second kappa shape index (κ2) is 14.8. The van der Waals surface area contributed by atoms with Gasteiger partial charge in [-0.3, -0.25) is 4.39 Å². The number of thiazole rings is 1. The number of hydrogen-bond donors (Lipinski definition) is 0. The van der Waals surface area contributed by atoms with Gasteiger partial charge in [-0.1, -0.05) is 52.5 Å². The standard InChI is InChI=1S/C15H16N2S.2C2H6.CH3F/c1-5-7-13-11(4)17-14(8-12(13)6-2)15-16-10(3)9-18-15;3*1-2/h5-9H,2H2,1,3-4H3;2*1-2H3;1H3/b7-5-;;;. The van der Waals surface area contributed by atoms with Crippen LogP contribution in [0.2, 0.25) is 0 Å². The van der Waals surface area contributed by atoms with Crippen LogP contribution in [0.3, 0.4) is 0 Å².